The summed E-state index contributed by atoms with van der Waals surface area (Å²) in [6.07, 6.45) is 0.879. The van der Waals surface area contributed by atoms with Gasteiger partial charge in [-0.15, -0.1) is 0 Å². The van der Waals surface area contributed by atoms with Gasteiger partial charge >= 0.3 is 5.97 Å². The van der Waals surface area contributed by atoms with Crippen LogP contribution in [0.1, 0.15) is 21.5 Å². The van der Waals surface area contributed by atoms with Gasteiger partial charge in [0.1, 0.15) is 20.2 Å². The molecule has 1 N–H and O–H groups in total. The highest BCUT2D eigenvalue weighted by molar-refractivity contribution is 7.85. The van der Waals surface area contributed by atoms with E-state index in [0.29, 0.717) is 5.56 Å². The van der Waals surface area contributed by atoms with E-state index >= 15 is 0 Å². The van der Waals surface area contributed by atoms with Crippen molar-refractivity contribution in [2.75, 3.05) is 12.4 Å². The summed E-state index contributed by atoms with van der Waals surface area (Å²) in [6, 6.07) is 5.19. The van der Waals surface area contributed by atoms with Gasteiger partial charge in [0.05, 0.1) is 5.56 Å². The van der Waals surface area contributed by atoms with E-state index in [1.165, 1.54) is 0 Å². The lowest BCUT2D eigenvalue weighted by Gasteiger charge is -2.07. The van der Waals surface area contributed by atoms with Crippen molar-refractivity contribution in [2.45, 2.75) is 13.2 Å². The third-order valence-electron chi connectivity index (χ3n) is 2.53. The Balaban J connectivity index is 2.65. The Morgan fingerprint density at radius 3 is 2.61 bits per heavy atom. The minimum Gasteiger partial charge on any atom is -0.461 e. The molecule has 5 nitrogen and oxygen atoms in total. The lowest BCUT2D eigenvalue weighted by atomic mass is 9.92. The Morgan fingerprint density at radius 2 is 2.11 bits per heavy atom. The highest BCUT2D eigenvalue weighted by atomic mass is 32.2. The van der Waals surface area contributed by atoms with Crippen molar-refractivity contribution < 1.29 is 22.5 Å². The normalized spacial score (nSPS) is 11.2. The van der Waals surface area contributed by atoms with E-state index in [1.54, 1.807) is 12.1 Å². The first kappa shape index (κ1) is 14.7. The number of aryl methyl sites for hydroxylation is 1. The fourth-order valence-electron chi connectivity index (χ4n) is 1.54. The first-order valence-electron chi connectivity index (χ1n) is 5.55. The van der Waals surface area contributed by atoms with E-state index in [2.05, 4.69) is 0 Å². The van der Waals surface area contributed by atoms with E-state index in [0.717, 1.165) is 17.4 Å². The average molecular weight is 270 g/mol. The van der Waals surface area contributed by atoms with Gasteiger partial charge in [0.25, 0.3) is 10.1 Å². The number of carbonyl (C=O) groups is 1. The van der Waals surface area contributed by atoms with Gasteiger partial charge < -0.3 is 4.74 Å². The Kier molecular flexibility index (Phi) is 4.92. The molecule has 0 bridgehead atoms. The third kappa shape index (κ3) is 4.50. The van der Waals surface area contributed by atoms with Gasteiger partial charge in [-0.2, -0.15) is 8.42 Å². The molecule has 0 unspecified atom stereocenters. The van der Waals surface area contributed by atoms with E-state index in [9.17, 15) is 13.2 Å². The summed E-state index contributed by atoms with van der Waals surface area (Å²) < 4.78 is 34.2. The molecule has 0 fully saturated rings. The number of benzene rings is 1. The summed E-state index contributed by atoms with van der Waals surface area (Å²) >= 11 is 0. The molecule has 18 heavy (non-hydrogen) atoms. The van der Waals surface area contributed by atoms with Crippen molar-refractivity contribution in [1.82, 2.24) is 0 Å². The van der Waals surface area contributed by atoms with Crippen molar-refractivity contribution in [2.24, 2.45) is 0 Å². The van der Waals surface area contributed by atoms with Crippen LogP contribution in [0, 0.1) is 6.92 Å². The molecule has 0 aliphatic carbocycles. The first-order chi connectivity index (χ1) is 8.33. The monoisotopic (exact) mass is 270 g/mol. The van der Waals surface area contributed by atoms with Gasteiger partial charge in [-0.25, -0.2) is 4.79 Å². The number of carbonyl (C=O) groups excluding carboxylic acids is 1. The van der Waals surface area contributed by atoms with Gasteiger partial charge in [0.2, 0.25) is 0 Å². The molecule has 1 rings (SSSR count). The van der Waals surface area contributed by atoms with Gasteiger partial charge in [0.15, 0.2) is 0 Å². The summed E-state index contributed by atoms with van der Waals surface area (Å²) in [5.74, 6) is -1.19. The SMILES string of the molecule is BCc1ccc(C(=O)OCCS(=O)(=O)O)cc1C. The molecule has 7 heteroatoms. The predicted molar refractivity (Wildman–Crippen MR) is 70.1 cm³/mol. The molecular formula is C11H15BO5S. The number of rotatable bonds is 5. The fourth-order valence-corrected chi connectivity index (χ4v) is 1.84. The molecule has 0 radical (unpaired) electrons. The van der Waals surface area contributed by atoms with Crippen LogP contribution in [0.3, 0.4) is 0 Å². The van der Waals surface area contributed by atoms with Crippen LogP contribution in [0.4, 0.5) is 0 Å². The summed E-state index contributed by atoms with van der Waals surface area (Å²) in [5, 5.41) is 0. The Hall–Kier alpha value is -1.34. The predicted octanol–water partition coefficient (Wildman–Crippen LogP) is 0.173. The second-order valence-electron chi connectivity index (χ2n) is 3.92. The minimum atomic E-state index is -4.10. The average Bonchev–Trinajstić information content (AvgIpc) is 2.27. The van der Waals surface area contributed by atoms with Crippen LogP contribution in [0.15, 0.2) is 18.2 Å². The van der Waals surface area contributed by atoms with Crippen LogP contribution >= 0.6 is 0 Å². The van der Waals surface area contributed by atoms with Crippen LogP contribution in [0.2, 0.25) is 0 Å². The standard InChI is InChI=1S/C11H15BO5S/c1-8-6-9(2-3-10(8)7-12)11(13)17-4-5-18(14,15)16/h2-3,6H,4-5,7,12H2,1H3,(H,14,15,16). The zero-order chi connectivity index (χ0) is 13.8. The van der Waals surface area contributed by atoms with Crippen LogP contribution in [-0.4, -0.2) is 39.1 Å². The molecule has 0 spiro atoms. The number of esters is 1. The van der Waals surface area contributed by atoms with Crippen molar-refractivity contribution in [3.63, 3.8) is 0 Å². The highest BCUT2D eigenvalue weighted by Crippen LogP contribution is 2.12. The Bertz CT molecular complexity index is 538. The highest BCUT2D eigenvalue weighted by Gasteiger charge is 2.11. The van der Waals surface area contributed by atoms with Crippen LogP contribution in [-0.2, 0) is 21.2 Å². The summed E-state index contributed by atoms with van der Waals surface area (Å²) in [5.41, 5.74) is 2.51. The van der Waals surface area contributed by atoms with Gasteiger partial charge in [-0.3, -0.25) is 4.55 Å². The lowest BCUT2D eigenvalue weighted by molar-refractivity contribution is 0.0528. The minimum absolute atomic E-state index is 0.355. The van der Waals surface area contributed by atoms with Crippen molar-refractivity contribution in [3.05, 3.63) is 34.9 Å². The second kappa shape index (κ2) is 6.02. The van der Waals surface area contributed by atoms with Crippen LogP contribution in [0.5, 0.6) is 0 Å². The molecule has 0 saturated carbocycles. The van der Waals surface area contributed by atoms with Gasteiger partial charge in [-0.1, -0.05) is 17.9 Å². The van der Waals surface area contributed by atoms with Gasteiger partial charge in [-0.05, 0) is 24.6 Å². The molecule has 0 heterocycles. The second-order valence-corrected chi connectivity index (χ2v) is 5.49. The van der Waals surface area contributed by atoms with Crippen molar-refractivity contribution in [1.29, 1.82) is 0 Å². The quantitative estimate of drug-likeness (QED) is 0.468. The Labute approximate surface area is 107 Å². The molecular weight excluding hydrogens is 255 g/mol. The molecule has 0 saturated heterocycles. The molecule has 0 aliphatic rings. The number of hydrogen-bond acceptors (Lipinski definition) is 4. The van der Waals surface area contributed by atoms with E-state index < -0.39 is 21.8 Å². The molecule has 0 amide bonds. The van der Waals surface area contributed by atoms with E-state index in [1.807, 2.05) is 20.8 Å². The van der Waals surface area contributed by atoms with E-state index in [-0.39, 0.29) is 6.61 Å². The molecule has 0 atom stereocenters. The maximum Gasteiger partial charge on any atom is 0.338 e. The number of ether oxygens (including phenoxy) is 1. The fraction of sp³-hybridized carbons (Fsp3) is 0.364. The summed E-state index contributed by atoms with van der Waals surface area (Å²) in [7, 11) is -2.08. The smallest absolute Gasteiger partial charge is 0.338 e. The lowest BCUT2D eigenvalue weighted by Crippen LogP contribution is -2.15. The van der Waals surface area contributed by atoms with Crippen molar-refractivity contribution >= 4 is 23.9 Å². The third-order valence-corrected chi connectivity index (χ3v) is 3.22. The molecule has 0 aromatic heterocycles. The van der Waals surface area contributed by atoms with E-state index in [4.69, 9.17) is 9.29 Å². The number of hydrogen-bond donors (Lipinski definition) is 1. The largest absolute Gasteiger partial charge is 0.461 e. The Morgan fingerprint density at radius 1 is 1.44 bits per heavy atom. The van der Waals surface area contributed by atoms with Crippen LogP contribution < -0.4 is 0 Å². The molecule has 0 aliphatic heterocycles. The summed E-state index contributed by atoms with van der Waals surface area (Å²) in [6.45, 7) is 1.54. The van der Waals surface area contributed by atoms with Gasteiger partial charge in [0, 0.05) is 0 Å². The van der Waals surface area contributed by atoms with Crippen molar-refractivity contribution in [3.8, 4) is 0 Å². The zero-order valence-electron chi connectivity index (χ0n) is 10.3. The zero-order valence-corrected chi connectivity index (χ0v) is 11.2. The topological polar surface area (TPSA) is 80.7 Å². The molecule has 1 aromatic carbocycles. The first-order valence-corrected chi connectivity index (χ1v) is 7.16. The maximum atomic E-state index is 11.6. The summed E-state index contributed by atoms with van der Waals surface area (Å²) in [4.78, 5) is 11.6. The molecule has 1 aromatic rings. The maximum absolute atomic E-state index is 11.6. The molecule has 98 valence electrons. The van der Waals surface area contributed by atoms with Crippen LogP contribution in [0.25, 0.3) is 0 Å².